The number of ether oxygens (including phenoxy) is 1. The predicted octanol–water partition coefficient (Wildman–Crippen LogP) is 0.382. The molecule has 0 aromatic carbocycles. The number of methoxy groups -OCH3 is 1. The zero-order valence-corrected chi connectivity index (χ0v) is 11.8. The maximum atomic E-state index is 12.0. The van der Waals surface area contributed by atoms with Gasteiger partial charge in [-0.25, -0.2) is 0 Å². The number of nitrogens with two attached hydrogens (primary N) is 1. The highest BCUT2D eigenvalue weighted by molar-refractivity contribution is 7.92. The molecule has 0 aliphatic heterocycles. The molecule has 2 aromatic heterocycles. The Kier molecular flexibility index (Phi) is 4.42. The molecule has 0 saturated carbocycles. The van der Waals surface area contributed by atoms with Crippen molar-refractivity contribution in [2.75, 3.05) is 18.4 Å². The smallest absolute Gasteiger partial charge is 0.295 e. The van der Waals surface area contributed by atoms with E-state index < -0.39 is 10.0 Å². The number of anilines is 1. The van der Waals surface area contributed by atoms with E-state index in [1.54, 1.807) is 18.0 Å². The molecule has 0 aliphatic rings. The summed E-state index contributed by atoms with van der Waals surface area (Å²) in [5.41, 5.74) is 5.73. The topological polar surface area (TPSA) is 112 Å². The normalized spacial score (nSPS) is 11.7. The Morgan fingerprint density at radius 3 is 2.95 bits per heavy atom. The van der Waals surface area contributed by atoms with Crippen LogP contribution >= 0.6 is 0 Å². The third-order valence-corrected chi connectivity index (χ3v) is 3.77. The van der Waals surface area contributed by atoms with Gasteiger partial charge in [0.1, 0.15) is 5.76 Å². The minimum atomic E-state index is -3.77. The summed E-state index contributed by atoms with van der Waals surface area (Å²) in [7, 11) is -2.18. The van der Waals surface area contributed by atoms with Gasteiger partial charge >= 0.3 is 0 Å². The lowest BCUT2D eigenvalue weighted by molar-refractivity contribution is 0.183. The average molecular weight is 300 g/mol. The van der Waals surface area contributed by atoms with Gasteiger partial charge in [-0.1, -0.05) is 0 Å². The number of rotatable bonds is 7. The van der Waals surface area contributed by atoms with Gasteiger partial charge in [0.2, 0.25) is 5.09 Å². The zero-order chi connectivity index (χ0) is 14.6. The van der Waals surface area contributed by atoms with Crippen molar-refractivity contribution < 1.29 is 17.6 Å². The van der Waals surface area contributed by atoms with Crippen LogP contribution in [0.5, 0.6) is 0 Å². The number of sulfonamides is 1. The molecule has 0 atom stereocenters. The average Bonchev–Trinajstić information content (AvgIpc) is 3.04. The van der Waals surface area contributed by atoms with Crippen molar-refractivity contribution in [3.05, 3.63) is 30.3 Å². The molecule has 0 bridgehead atoms. The van der Waals surface area contributed by atoms with Crippen LogP contribution in [0.1, 0.15) is 5.76 Å². The first-order chi connectivity index (χ1) is 9.55. The molecule has 9 heteroatoms. The van der Waals surface area contributed by atoms with Crippen molar-refractivity contribution in [2.45, 2.75) is 18.2 Å². The largest absolute Gasteiger partial charge is 0.446 e. The highest BCUT2D eigenvalue weighted by atomic mass is 32.2. The van der Waals surface area contributed by atoms with E-state index in [4.69, 9.17) is 14.9 Å². The molecule has 0 radical (unpaired) electrons. The van der Waals surface area contributed by atoms with Gasteiger partial charge in [-0.3, -0.25) is 9.40 Å². The summed E-state index contributed by atoms with van der Waals surface area (Å²) < 4.78 is 38.1. The van der Waals surface area contributed by atoms with Crippen LogP contribution in [0.15, 0.2) is 34.0 Å². The minimum absolute atomic E-state index is 0.143. The van der Waals surface area contributed by atoms with Crippen molar-refractivity contribution >= 4 is 15.7 Å². The molecule has 110 valence electrons. The monoisotopic (exact) mass is 300 g/mol. The Morgan fingerprint density at radius 2 is 2.30 bits per heavy atom. The molecule has 2 rings (SSSR count). The number of furan rings is 1. The molecule has 0 amide bonds. The molecular formula is C11H16N4O4S. The highest BCUT2D eigenvalue weighted by Crippen LogP contribution is 2.17. The van der Waals surface area contributed by atoms with Crippen LogP contribution < -0.4 is 10.5 Å². The van der Waals surface area contributed by atoms with E-state index in [0.29, 0.717) is 24.6 Å². The van der Waals surface area contributed by atoms with Crippen LogP contribution in [0, 0.1) is 0 Å². The van der Waals surface area contributed by atoms with E-state index in [9.17, 15) is 8.42 Å². The lowest BCUT2D eigenvalue weighted by Crippen LogP contribution is -2.11. The van der Waals surface area contributed by atoms with Crippen LogP contribution in [0.3, 0.4) is 0 Å². The van der Waals surface area contributed by atoms with E-state index in [1.165, 1.54) is 18.3 Å². The predicted molar refractivity (Wildman–Crippen MR) is 71.5 cm³/mol. The molecule has 8 nitrogen and oxygen atoms in total. The van der Waals surface area contributed by atoms with Crippen LogP contribution in [0.4, 0.5) is 5.69 Å². The SMILES string of the molecule is COCCn1cc(NS(=O)(=O)c2ccc(CN)o2)cn1. The third-order valence-electron chi connectivity index (χ3n) is 2.51. The minimum Gasteiger partial charge on any atom is -0.446 e. The summed E-state index contributed by atoms with van der Waals surface area (Å²) >= 11 is 0. The summed E-state index contributed by atoms with van der Waals surface area (Å²) in [5, 5.41) is 3.83. The van der Waals surface area contributed by atoms with Gasteiger partial charge in [-0.05, 0) is 12.1 Å². The second kappa shape index (κ2) is 6.07. The Hall–Kier alpha value is -1.84. The summed E-state index contributed by atoms with van der Waals surface area (Å²) in [6, 6.07) is 2.89. The van der Waals surface area contributed by atoms with E-state index in [-0.39, 0.29) is 11.6 Å². The fourth-order valence-corrected chi connectivity index (χ4v) is 2.52. The van der Waals surface area contributed by atoms with Crippen molar-refractivity contribution in [1.29, 1.82) is 0 Å². The molecule has 0 fully saturated rings. The van der Waals surface area contributed by atoms with Crippen LogP contribution in [0.25, 0.3) is 0 Å². The number of aromatic nitrogens is 2. The number of hydrogen-bond acceptors (Lipinski definition) is 6. The molecule has 0 aliphatic carbocycles. The molecule has 2 aromatic rings. The van der Waals surface area contributed by atoms with Gasteiger partial charge in [0.05, 0.1) is 31.6 Å². The first-order valence-electron chi connectivity index (χ1n) is 5.88. The zero-order valence-electron chi connectivity index (χ0n) is 10.9. The van der Waals surface area contributed by atoms with E-state index in [0.717, 1.165) is 0 Å². The Balaban J connectivity index is 2.09. The second-order valence-corrected chi connectivity index (χ2v) is 5.63. The van der Waals surface area contributed by atoms with Crippen molar-refractivity contribution in [3.8, 4) is 0 Å². The van der Waals surface area contributed by atoms with Crippen molar-refractivity contribution in [3.63, 3.8) is 0 Å². The summed E-state index contributed by atoms with van der Waals surface area (Å²) in [6.07, 6.45) is 2.99. The Labute approximate surface area is 116 Å². The van der Waals surface area contributed by atoms with E-state index in [1.807, 2.05) is 0 Å². The molecule has 0 unspecified atom stereocenters. The lowest BCUT2D eigenvalue weighted by Gasteiger charge is -2.02. The highest BCUT2D eigenvalue weighted by Gasteiger charge is 2.19. The number of hydrogen-bond donors (Lipinski definition) is 2. The number of nitrogens with zero attached hydrogens (tertiary/aromatic N) is 2. The van der Waals surface area contributed by atoms with Crippen LogP contribution in [-0.2, 0) is 27.8 Å². The maximum absolute atomic E-state index is 12.0. The molecule has 0 saturated heterocycles. The van der Waals surface area contributed by atoms with Gasteiger partial charge in [0.25, 0.3) is 10.0 Å². The van der Waals surface area contributed by atoms with E-state index >= 15 is 0 Å². The van der Waals surface area contributed by atoms with Gasteiger partial charge in [0, 0.05) is 13.3 Å². The van der Waals surface area contributed by atoms with Gasteiger partial charge in [0.15, 0.2) is 0 Å². The molecule has 20 heavy (non-hydrogen) atoms. The van der Waals surface area contributed by atoms with Gasteiger partial charge < -0.3 is 14.9 Å². The maximum Gasteiger partial charge on any atom is 0.295 e. The summed E-state index contributed by atoms with van der Waals surface area (Å²) in [5.74, 6) is 0.404. The quantitative estimate of drug-likeness (QED) is 0.764. The fourth-order valence-electron chi connectivity index (χ4n) is 1.54. The molecule has 3 N–H and O–H groups in total. The fraction of sp³-hybridized carbons (Fsp3) is 0.364. The summed E-state index contributed by atoms with van der Waals surface area (Å²) in [6.45, 7) is 1.17. The Bertz CT molecular complexity index is 662. The van der Waals surface area contributed by atoms with Gasteiger partial charge in [-0.2, -0.15) is 13.5 Å². The first-order valence-corrected chi connectivity index (χ1v) is 7.36. The third kappa shape index (κ3) is 3.38. The van der Waals surface area contributed by atoms with Crippen molar-refractivity contribution in [2.24, 2.45) is 5.73 Å². The second-order valence-electron chi connectivity index (χ2n) is 4.02. The standard InChI is InChI=1S/C11H16N4O4S/c1-18-5-4-15-8-9(7-13-15)14-20(16,17)11-3-2-10(6-12)19-11/h2-3,7-8,14H,4-6,12H2,1H3. The first kappa shape index (κ1) is 14.6. The van der Waals surface area contributed by atoms with Crippen LogP contribution in [-0.4, -0.2) is 31.9 Å². The molecule has 0 spiro atoms. The lowest BCUT2D eigenvalue weighted by atomic mass is 10.5. The van der Waals surface area contributed by atoms with Gasteiger partial charge in [-0.15, -0.1) is 0 Å². The van der Waals surface area contributed by atoms with Crippen molar-refractivity contribution in [1.82, 2.24) is 9.78 Å². The Morgan fingerprint density at radius 1 is 1.50 bits per heavy atom. The van der Waals surface area contributed by atoms with E-state index in [2.05, 4.69) is 9.82 Å². The number of nitrogens with one attached hydrogen (secondary N) is 1. The van der Waals surface area contributed by atoms with Crippen LogP contribution in [0.2, 0.25) is 0 Å². The summed E-state index contributed by atoms with van der Waals surface area (Å²) in [4.78, 5) is 0. The molecular weight excluding hydrogens is 284 g/mol. The molecule has 2 heterocycles.